The average Bonchev–Trinajstić information content (AvgIpc) is 3.76. The van der Waals surface area contributed by atoms with Crippen LogP contribution in [0.5, 0.6) is 5.75 Å². The summed E-state index contributed by atoms with van der Waals surface area (Å²) in [5, 5.41) is 11.1. The fourth-order valence-electron chi connectivity index (χ4n) is 6.42. The van der Waals surface area contributed by atoms with Crippen LogP contribution in [0.3, 0.4) is 0 Å². The molecule has 0 spiro atoms. The Hall–Kier alpha value is -4.03. The monoisotopic (exact) mass is 688 g/mol. The van der Waals surface area contributed by atoms with Gasteiger partial charge >= 0.3 is 0 Å². The number of fused-ring (bicyclic) bond motifs is 1. The number of nitrogens with zero attached hydrogens (tertiary/aromatic N) is 4. The van der Waals surface area contributed by atoms with Crippen LogP contribution in [0, 0.1) is 0 Å². The summed E-state index contributed by atoms with van der Waals surface area (Å²) in [6.07, 6.45) is 6.10. The fourth-order valence-corrected chi connectivity index (χ4v) is 7.30. The van der Waals surface area contributed by atoms with E-state index in [0.717, 1.165) is 60.4 Å². The Morgan fingerprint density at radius 3 is 2.52 bits per heavy atom. The summed E-state index contributed by atoms with van der Waals surface area (Å²) in [5.41, 5.74) is 6.65. The molecular weight excluding hydrogens is 648 g/mol. The van der Waals surface area contributed by atoms with E-state index in [2.05, 4.69) is 20.2 Å². The highest BCUT2D eigenvalue weighted by Crippen LogP contribution is 2.36. The number of aryl methyl sites for hydroxylation is 1. The van der Waals surface area contributed by atoms with Crippen molar-refractivity contribution in [1.82, 2.24) is 24.3 Å². The van der Waals surface area contributed by atoms with Crippen LogP contribution in [-0.4, -0.2) is 81.1 Å². The Bertz CT molecular complexity index is 1800. The number of carbonyl (C=O) groups excluding carboxylic acids is 2. The van der Waals surface area contributed by atoms with Gasteiger partial charge in [0.15, 0.2) is 0 Å². The number of hydrogen-bond acceptors (Lipinski definition) is 6. The maximum atomic E-state index is 13.1. The Labute approximate surface area is 289 Å². The average molecular weight is 689 g/mol. The maximum absolute atomic E-state index is 13.1. The number of carbonyl (C=O) groups is 2. The van der Waals surface area contributed by atoms with Gasteiger partial charge in [0.05, 0.1) is 30.3 Å². The molecular formula is C36H41ClN6O4S. The zero-order chi connectivity index (χ0) is 33.6. The quantitative estimate of drug-likeness (QED) is 0.207. The van der Waals surface area contributed by atoms with Gasteiger partial charge in [-0.1, -0.05) is 29.8 Å². The molecule has 4 aromatic rings. The van der Waals surface area contributed by atoms with Crippen molar-refractivity contribution in [3.05, 3.63) is 88.6 Å². The summed E-state index contributed by atoms with van der Waals surface area (Å²) in [5.74, 6) is -0.0296. The molecule has 252 valence electrons. The predicted octanol–water partition coefficient (Wildman–Crippen LogP) is 5.39. The predicted molar refractivity (Wildman–Crippen MR) is 191 cm³/mol. The molecule has 1 aromatic heterocycles. The second kappa shape index (κ2) is 15.5. The normalized spacial score (nSPS) is 15.6. The molecule has 3 aromatic carbocycles. The van der Waals surface area contributed by atoms with Gasteiger partial charge < -0.3 is 20.3 Å². The third kappa shape index (κ3) is 7.98. The summed E-state index contributed by atoms with van der Waals surface area (Å²) in [6, 6.07) is 20.0. The lowest BCUT2D eigenvalue weighted by atomic mass is 9.97. The van der Waals surface area contributed by atoms with E-state index in [1.54, 1.807) is 55.8 Å². The first-order valence-corrected chi connectivity index (χ1v) is 18.2. The van der Waals surface area contributed by atoms with Crippen LogP contribution in [-0.2, 0) is 35.3 Å². The van der Waals surface area contributed by atoms with Crippen molar-refractivity contribution in [2.75, 3.05) is 51.4 Å². The molecule has 0 bridgehead atoms. The largest absolute Gasteiger partial charge is 0.497 e. The van der Waals surface area contributed by atoms with Gasteiger partial charge in [-0.25, -0.2) is 8.51 Å². The van der Waals surface area contributed by atoms with E-state index in [0.29, 0.717) is 28.6 Å². The van der Waals surface area contributed by atoms with Crippen LogP contribution in [0.1, 0.15) is 40.9 Å². The third-order valence-corrected chi connectivity index (χ3v) is 10.3. The summed E-state index contributed by atoms with van der Waals surface area (Å²) >= 11 is 6.75. The molecule has 0 radical (unpaired) electrons. The molecule has 10 nitrogen and oxygen atoms in total. The number of rotatable bonds is 12. The molecule has 0 aliphatic carbocycles. The van der Waals surface area contributed by atoms with Gasteiger partial charge in [0, 0.05) is 71.0 Å². The van der Waals surface area contributed by atoms with Crippen LogP contribution in [0.25, 0.3) is 22.4 Å². The van der Waals surface area contributed by atoms with Crippen molar-refractivity contribution in [2.45, 2.75) is 38.8 Å². The van der Waals surface area contributed by atoms with Crippen molar-refractivity contribution in [3.8, 4) is 28.1 Å². The summed E-state index contributed by atoms with van der Waals surface area (Å²) in [4.78, 5) is 28.1. The van der Waals surface area contributed by atoms with E-state index in [1.807, 2.05) is 28.6 Å². The standard InChI is InChI=1S/C36H41ClN6O4S/c1-47-29-12-10-28(11-13-29)39-34(44)23-38-36(45)27-8-5-7-25(21-27)30-22-26(9-14-32(30)37)35-31-24-42(48(2)46)20-15-33(31)43(40-35)19-6-18-41-16-3-4-17-41/h5,7-14,21-22H,3-4,6,15-20,23-24H2,1-2H3,(H,38,45)(H,39,44). The number of halogens is 1. The summed E-state index contributed by atoms with van der Waals surface area (Å²) in [6.45, 7) is 5.38. The van der Waals surface area contributed by atoms with E-state index in [1.165, 1.54) is 31.6 Å². The highest BCUT2D eigenvalue weighted by molar-refractivity contribution is 7.81. The molecule has 6 rings (SSSR count). The molecule has 48 heavy (non-hydrogen) atoms. The SMILES string of the molecule is COc1ccc(NC(=O)CNC(=O)c2cccc(-c3cc(-c4nn(CCCN5CCCC5)c5c4CN(S(C)=O)CC5)ccc3Cl)c2)cc1. The number of amides is 2. The Morgan fingerprint density at radius 2 is 1.77 bits per heavy atom. The topological polar surface area (TPSA) is 109 Å². The van der Waals surface area contributed by atoms with Gasteiger partial charge in [0.2, 0.25) is 5.91 Å². The molecule has 12 heteroatoms. The maximum Gasteiger partial charge on any atom is 0.251 e. The molecule has 2 N–H and O–H groups in total. The van der Waals surface area contributed by atoms with Crippen molar-refractivity contribution in [2.24, 2.45) is 0 Å². The first-order valence-electron chi connectivity index (χ1n) is 16.3. The lowest BCUT2D eigenvalue weighted by Gasteiger charge is -2.25. The Morgan fingerprint density at radius 1 is 0.979 bits per heavy atom. The molecule has 0 saturated carbocycles. The highest BCUT2D eigenvalue weighted by Gasteiger charge is 2.27. The molecule has 2 aliphatic heterocycles. The molecule has 1 unspecified atom stereocenters. The van der Waals surface area contributed by atoms with Gasteiger partial charge in [0.1, 0.15) is 5.75 Å². The minimum Gasteiger partial charge on any atom is -0.497 e. The number of aromatic nitrogens is 2. The molecule has 1 fully saturated rings. The van der Waals surface area contributed by atoms with E-state index in [-0.39, 0.29) is 18.4 Å². The number of nitrogens with one attached hydrogen (secondary N) is 2. The van der Waals surface area contributed by atoms with Crippen LogP contribution in [0.15, 0.2) is 66.7 Å². The van der Waals surface area contributed by atoms with E-state index >= 15 is 0 Å². The van der Waals surface area contributed by atoms with Crippen LogP contribution in [0.4, 0.5) is 5.69 Å². The number of ether oxygens (including phenoxy) is 1. The second-order valence-electron chi connectivity index (χ2n) is 12.2. The number of anilines is 1. The van der Waals surface area contributed by atoms with Gasteiger partial charge in [-0.05, 0) is 93.0 Å². The van der Waals surface area contributed by atoms with E-state index in [4.69, 9.17) is 21.4 Å². The van der Waals surface area contributed by atoms with Crippen LogP contribution >= 0.6 is 11.6 Å². The molecule has 3 heterocycles. The Kier molecular flexibility index (Phi) is 10.9. The van der Waals surface area contributed by atoms with Crippen molar-refractivity contribution >= 4 is 40.1 Å². The molecule has 2 aliphatic rings. The number of hydrogen-bond donors (Lipinski definition) is 2. The lowest BCUT2D eigenvalue weighted by Crippen LogP contribution is -2.32. The first kappa shape index (κ1) is 33.9. The fraction of sp³-hybridized carbons (Fsp3) is 0.361. The minimum atomic E-state index is -1.08. The zero-order valence-corrected chi connectivity index (χ0v) is 28.9. The minimum absolute atomic E-state index is 0.184. The second-order valence-corrected chi connectivity index (χ2v) is 13.9. The van der Waals surface area contributed by atoms with Gasteiger partial charge in [-0.2, -0.15) is 5.10 Å². The van der Waals surface area contributed by atoms with Crippen LogP contribution < -0.4 is 15.4 Å². The van der Waals surface area contributed by atoms with Crippen molar-refractivity contribution in [1.29, 1.82) is 0 Å². The highest BCUT2D eigenvalue weighted by atomic mass is 35.5. The summed E-state index contributed by atoms with van der Waals surface area (Å²) < 4.78 is 21.8. The number of likely N-dealkylation sites (tertiary alicyclic amines) is 1. The summed E-state index contributed by atoms with van der Waals surface area (Å²) in [7, 11) is 0.494. The Balaban J connectivity index is 1.19. The van der Waals surface area contributed by atoms with Crippen LogP contribution in [0.2, 0.25) is 5.02 Å². The number of methoxy groups -OCH3 is 1. The molecule has 1 saturated heterocycles. The number of benzene rings is 3. The molecule has 1 atom stereocenters. The van der Waals surface area contributed by atoms with Crippen molar-refractivity contribution < 1.29 is 18.5 Å². The van der Waals surface area contributed by atoms with Gasteiger partial charge in [-0.15, -0.1) is 0 Å². The molecule has 2 amide bonds. The third-order valence-electron chi connectivity index (χ3n) is 8.96. The van der Waals surface area contributed by atoms with Gasteiger partial charge in [0.25, 0.3) is 5.91 Å². The first-order chi connectivity index (χ1) is 23.3. The van der Waals surface area contributed by atoms with Crippen molar-refractivity contribution in [3.63, 3.8) is 0 Å². The van der Waals surface area contributed by atoms with E-state index in [9.17, 15) is 13.8 Å². The van der Waals surface area contributed by atoms with E-state index < -0.39 is 11.0 Å². The smallest absolute Gasteiger partial charge is 0.251 e. The lowest BCUT2D eigenvalue weighted by molar-refractivity contribution is -0.115. The van der Waals surface area contributed by atoms with Gasteiger partial charge in [-0.3, -0.25) is 14.3 Å². The zero-order valence-electron chi connectivity index (χ0n) is 27.3.